The van der Waals surface area contributed by atoms with Gasteiger partial charge in [0.1, 0.15) is 10.0 Å². The maximum absolute atomic E-state index is 12.7. The number of urea groups is 1. The summed E-state index contributed by atoms with van der Waals surface area (Å²) in [5, 5.41) is 14.0. The van der Waals surface area contributed by atoms with Crippen molar-refractivity contribution < 1.29 is 19.0 Å². The average Bonchev–Trinajstić information content (AvgIpc) is 3.49. The highest BCUT2D eigenvalue weighted by molar-refractivity contribution is 7.11. The number of ether oxygens (including phenoxy) is 3. The molecule has 0 atom stereocenters. The van der Waals surface area contributed by atoms with E-state index in [4.69, 9.17) is 14.2 Å². The van der Waals surface area contributed by atoms with E-state index in [1.54, 1.807) is 44.8 Å². The van der Waals surface area contributed by atoms with Crippen molar-refractivity contribution in [1.29, 1.82) is 0 Å². The summed E-state index contributed by atoms with van der Waals surface area (Å²) < 4.78 is 16.0. The van der Waals surface area contributed by atoms with Gasteiger partial charge in [-0.2, -0.15) is 0 Å². The van der Waals surface area contributed by atoms with Crippen LogP contribution in [0.25, 0.3) is 0 Å². The molecule has 8 nitrogen and oxygen atoms in total. The topological polar surface area (TPSA) is 85.8 Å². The summed E-state index contributed by atoms with van der Waals surface area (Å²) in [4.78, 5) is 14.6. The van der Waals surface area contributed by atoms with Crippen LogP contribution >= 0.6 is 11.3 Å². The molecular formula is C20H26N4O4S. The molecule has 9 heteroatoms. The number of aromatic nitrogens is 2. The number of benzene rings is 1. The number of nitrogens with one attached hydrogen (secondary N) is 1. The maximum Gasteiger partial charge on any atom is 0.321 e. The van der Waals surface area contributed by atoms with Crippen LogP contribution in [0.15, 0.2) is 12.1 Å². The number of rotatable bonds is 6. The maximum atomic E-state index is 12.7. The fourth-order valence-electron chi connectivity index (χ4n) is 3.59. The summed E-state index contributed by atoms with van der Waals surface area (Å²) in [5.74, 6) is 2.54. The molecule has 1 aliphatic carbocycles. The highest BCUT2D eigenvalue weighted by Gasteiger charge is 2.31. The number of methoxy groups -OCH3 is 3. The number of nitrogens with zero attached hydrogens (tertiary/aromatic N) is 3. The van der Waals surface area contributed by atoms with Crippen molar-refractivity contribution in [2.24, 2.45) is 0 Å². The monoisotopic (exact) mass is 418 g/mol. The average molecular weight is 419 g/mol. The van der Waals surface area contributed by atoms with Gasteiger partial charge in [-0.1, -0.05) is 0 Å². The third kappa shape index (κ3) is 4.24. The molecule has 2 aromatic rings. The molecule has 2 fully saturated rings. The van der Waals surface area contributed by atoms with E-state index < -0.39 is 0 Å². The summed E-state index contributed by atoms with van der Waals surface area (Å²) in [6.45, 7) is 1.39. The smallest absolute Gasteiger partial charge is 0.321 e. The molecule has 1 saturated carbocycles. The number of amides is 2. The van der Waals surface area contributed by atoms with Crippen LogP contribution in [-0.4, -0.2) is 55.5 Å². The van der Waals surface area contributed by atoms with Crippen LogP contribution < -0.4 is 19.5 Å². The molecule has 1 aromatic heterocycles. The number of hydrogen-bond acceptors (Lipinski definition) is 7. The molecule has 0 bridgehead atoms. The predicted molar refractivity (Wildman–Crippen MR) is 111 cm³/mol. The number of carbonyl (C=O) groups excluding carboxylic acids is 1. The van der Waals surface area contributed by atoms with E-state index in [9.17, 15) is 4.79 Å². The van der Waals surface area contributed by atoms with Gasteiger partial charge in [-0.3, -0.25) is 0 Å². The van der Waals surface area contributed by atoms with E-state index in [2.05, 4.69) is 15.5 Å². The Morgan fingerprint density at radius 2 is 1.52 bits per heavy atom. The van der Waals surface area contributed by atoms with Crippen molar-refractivity contribution in [2.75, 3.05) is 39.7 Å². The van der Waals surface area contributed by atoms with Crippen LogP contribution in [-0.2, 0) is 0 Å². The Morgan fingerprint density at radius 3 is 2.00 bits per heavy atom. The van der Waals surface area contributed by atoms with E-state index in [1.165, 1.54) is 17.8 Å². The van der Waals surface area contributed by atoms with Gasteiger partial charge in [0.25, 0.3) is 0 Å². The van der Waals surface area contributed by atoms with Gasteiger partial charge < -0.3 is 24.4 Å². The largest absolute Gasteiger partial charge is 0.493 e. The molecule has 1 aliphatic heterocycles. The van der Waals surface area contributed by atoms with Gasteiger partial charge in [0.05, 0.1) is 27.0 Å². The minimum atomic E-state index is -0.131. The lowest BCUT2D eigenvalue weighted by molar-refractivity contribution is 0.194. The van der Waals surface area contributed by atoms with E-state index >= 15 is 0 Å². The second-order valence-corrected chi connectivity index (χ2v) is 8.40. The van der Waals surface area contributed by atoms with E-state index in [-0.39, 0.29) is 6.03 Å². The van der Waals surface area contributed by atoms with Crippen LogP contribution in [0.3, 0.4) is 0 Å². The van der Waals surface area contributed by atoms with Crippen molar-refractivity contribution in [1.82, 2.24) is 15.1 Å². The number of likely N-dealkylation sites (tertiary alicyclic amines) is 1. The molecule has 0 spiro atoms. The lowest BCUT2D eigenvalue weighted by Gasteiger charge is -2.31. The number of piperidine rings is 1. The van der Waals surface area contributed by atoms with Crippen LogP contribution in [0.2, 0.25) is 0 Å². The molecule has 0 radical (unpaired) electrons. The molecule has 2 aliphatic rings. The van der Waals surface area contributed by atoms with Crippen molar-refractivity contribution in [2.45, 2.75) is 37.5 Å². The number of anilines is 1. The Morgan fingerprint density at radius 1 is 0.966 bits per heavy atom. The third-order valence-electron chi connectivity index (χ3n) is 5.43. The minimum absolute atomic E-state index is 0.131. The van der Waals surface area contributed by atoms with Crippen LogP contribution in [0.5, 0.6) is 17.2 Å². The van der Waals surface area contributed by atoms with Gasteiger partial charge in [0.2, 0.25) is 5.75 Å². The molecule has 0 unspecified atom stereocenters. The molecule has 2 heterocycles. The highest BCUT2D eigenvalue weighted by Crippen LogP contribution is 2.43. The molecule has 29 heavy (non-hydrogen) atoms. The Hall–Kier alpha value is -2.55. The Balaban J connectivity index is 1.37. The van der Waals surface area contributed by atoms with Crippen LogP contribution in [0.4, 0.5) is 10.5 Å². The summed E-state index contributed by atoms with van der Waals surface area (Å²) in [6.07, 6.45) is 4.30. The van der Waals surface area contributed by atoms with E-state index in [0.29, 0.717) is 47.9 Å². The van der Waals surface area contributed by atoms with Crippen molar-refractivity contribution in [3.63, 3.8) is 0 Å². The first-order valence-corrected chi connectivity index (χ1v) is 10.6. The summed E-state index contributed by atoms with van der Waals surface area (Å²) in [6, 6.07) is 3.33. The second kappa shape index (κ2) is 8.44. The van der Waals surface area contributed by atoms with Gasteiger partial charge in [0.15, 0.2) is 11.5 Å². The van der Waals surface area contributed by atoms with Gasteiger partial charge in [-0.15, -0.1) is 21.5 Å². The summed E-state index contributed by atoms with van der Waals surface area (Å²) in [7, 11) is 4.65. The minimum Gasteiger partial charge on any atom is -0.493 e. The molecular weight excluding hydrogens is 392 g/mol. The molecule has 2 amide bonds. The molecule has 4 rings (SSSR count). The SMILES string of the molecule is COc1cc(NC(=O)N2CCC(c3nnc(C4CC4)s3)CC2)cc(OC)c1OC. The fraction of sp³-hybridized carbons (Fsp3) is 0.550. The van der Waals surface area contributed by atoms with E-state index in [1.807, 2.05) is 4.90 Å². The zero-order valence-corrected chi connectivity index (χ0v) is 17.8. The van der Waals surface area contributed by atoms with Gasteiger partial charge in [-0.05, 0) is 25.7 Å². The van der Waals surface area contributed by atoms with Gasteiger partial charge in [-0.25, -0.2) is 4.79 Å². The third-order valence-corrected chi connectivity index (χ3v) is 6.68. The molecule has 1 aromatic carbocycles. The molecule has 1 N–H and O–H groups in total. The first kappa shape index (κ1) is 19.8. The lowest BCUT2D eigenvalue weighted by Crippen LogP contribution is -2.40. The standard InChI is InChI=1S/C20H26N4O4S/c1-26-15-10-14(11-16(27-2)17(15)28-3)21-20(25)24-8-6-13(7-9-24)19-23-22-18(29-19)12-4-5-12/h10-13H,4-9H2,1-3H3,(H,21,25). The van der Waals surface area contributed by atoms with Crippen LogP contribution in [0, 0.1) is 0 Å². The zero-order valence-electron chi connectivity index (χ0n) is 16.9. The van der Waals surface area contributed by atoms with Gasteiger partial charge in [0, 0.05) is 37.1 Å². The van der Waals surface area contributed by atoms with Crippen molar-refractivity contribution >= 4 is 23.1 Å². The summed E-state index contributed by atoms with van der Waals surface area (Å²) in [5.41, 5.74) is 0.602. The highest BCUT2D eigenvalue weighted by atomic mass is 32.1. The Labute approximate surface area is 174 Å². The number of carbonyl (C=O) groups is 1. The molecule has 156 valence electrons. The predicted octanol–water partition coefficient (Wildman–Crippen LogP) is 3.85. The summed E-state index contributed by atoms with van der Waals surface area (Å²) >= 11 is 1.75. The molecule has 1 saturated heterocycles. The number of hydrogen-bond donors (Lipinski definition) is 1. The van der Waals surface area contributed by atoms with Crippen molar-refractivity contribution in [3.05, 3.63) is 22.1 Å². The van der Waals surface area contributed by atoms with Crippen molar-refractivity contribution in [3.8, 4) is 17.2 Å². The quantitative estimate of drug-likeness (QED) is 0.767. The second-order valence-electron chi connectivity index (χ2n) is 7.36. The van der Waals surface area contributed by atoms with Gasteiger partial charge >= 0.3 is 6.03 Å². The Bertz CT molecular complexity index is 850. The first-order valence-electron chi connectivity index (χ1n) is 9.82. The fourth-order valence-corrected chi connectivity index (χ4v) is 4.77. The lowest BCUT2D eigenvalue weighted by atomic mass is 9.98. The first-order chi connectivity index (χ1) is 14.1. The zero-order chi connectivity index (χ0) is 20.4. The normalized spacial score (nSPS) is 17.1. The van der Waals surface area contributed by atoms with E-state index in [0.717, 1.165) is 17.8 Å². The van der Waals surface area contributed by atoms with Crippen LogP contribution in [0.1, 0.15) is 47.5 Å². The Kier molecular flexibility index (Phi) is 5.75.